The number of hydrogen-bond donors (Lipinski definition) is 2. The normalized spacial score (nSPS) is 29.4. The molecule has 0 saturated heterocycles. The van der Waals surface area contributed by atoms with Crippen LogP contribution < -0.4 is 5.32 Å². The number of allylic oxidation sites excluding steroid dienone is 2. The third-order valence-electron chi connectivity index (χ3n) is 3.59. The number of anilines is 1. The van der Waals surface area contributed by atoms with E-state index in [0.717, 1.165) is 16.6 Å². The first-order valence-electron chi connectivity index (χ1n) is 5.62. The van der Waals surface area contributed by atoms with Gasteiger partial charge in [-0.15, -0.1) is 0 Å². The minimum absolute atomic E-state index is 0.134. The van der Waals surface area contributed by atoms with Gasteiger partial charge < -0.3 is 10.4 Å². The number of nitrogens with one attached hydrogen (secondary N) is 1. The fourth-order valence-corrected chi connectivity index (χ4v) is 3.19. The summed E-state index contributed by atoms with van der Waals surface area (Å²) in [5.41, 5.74) is 2.13. The second kappa shape index (κ2) is 3.88. The van der Waals surface area contributed by atoms with Gasteiger partial charge in [-0.2, -0.15) is 0 Å². The summed E-state index contributed by atoms with van der Waals surface area (Å²) in [7, 11) is 0. The molecule has 0 fully saturated rings. The second-order valence-electron chi connectivity index (χ2n) is 4.55. The van der Waals surface area contributed by atoms with Gasteiger partial charge in [0, 0.05) is 22.0 Å². The lowest BCUT2D eigenvalue weighted by Gasteiger charge is -2.34. The predicted octanol–water partition coefficient (Wildman–Crippen LogP) is 2.99. The summed E-state index contributed by atoms with van der Waals surface area (Å²) in [6.45, 7) is 0. The van der Waals surface area contributed by atoms with Gasteiger partial charge in [0.2, 0.25) is 0 Å². The van der Waals surface area contributed by atoms with Gasteiger partial charge in [0.1, 0.15) is 6.04 Å². The average Bonchev–Trinajstić information content (AvgIpc) is 2.76. The molecule has 88 valence electrons. The lowest BCUT2D eigenvalue weighted by molar-refractivity contribution is -0.139. The van der Waals surface area contributed by atoms with E-state index >= 15 is 0 Å². The molecule has 0 bridgehead atoms. The van der Waals surface area contributed by atoms with Crippen molar-refractivity contribution < 1.29 is 9.90 Å². The van der Waals surface area contributed by atoms with Gasteiger partial charge >= 0.3 is 5.97 Å². The van der Waals surface area contributed by atoms with Crippen LogP contribution in [0.5, 0.6) is 0 Å². The smallest absolute Gasteiger partial charge is 0.326 e. The van der Waals surface area contributed by atoms with E-state index in [-0.39, 0.29) is 11.8 Å². The monoisotopic (exact) mass is 293 g/mol. The molecule has 2 aliphatic rings. The molecule has 17 heavy (non-hydrogen) atoms. The van der Waals surface area contributed by atoms with Crippen molar-refractivity contribution in [3.63, 3.8) is 0 Å². The third kappa shape index (κ3) is 1.67. The lowest BCUT2D eigenvalue weighted by atomic mass is 9.79. The predicted molar refractivity (Wildman–Crippen MR) is 69.2 cm³/mol. The molecule has 1 heterocycles. The van der Waals surface area contributed by atoms with Crippen LogP contribution in [0.2, 0.25) is 0 Å². The van der Waals surface area contributed by atoms with E-state index in [1.807, 2.05) is 12.1 Å². The SMILES string of the molecule is O=C(O)[C@H]1Nc2ccc(Br)cc2[C@@H]2C=CC[C@@H]12. The first-order chi connectivity index (χ1) is 8.16. The Bertz CT molecular complexity index is 512. The second-order valence-corrected chi connectivity index (χ2v) is 5.46. The highest BCUT2D eigenvalue weighted by Gasteiger charge is 2.40. The zero-order chi connectivity index (χ0) is 12.0. The van der Waals surface area contributed by atoms with Crippen molar-refractivity contribution in [3.05, 3.63) is 40.4 Å². The van der Waals surface area contributed by atoms with E-state index < -0.39 is 12.0 Å². The summed E-state index contributed by atoms with van der Waals surface area (Å²) in [6.07, 6.45) is 5.05. The number of rotatable bonds is 1. The molecule has 1 aliphatic carbocycles. The van der Waals surface area contributed by atoms with Crippen molar-refractivity contribution in [2.45, 2.75) is 18.4 Å². The first-order valence-corrected chi connectivity index (χ1v) is 6.41. The molecule has 4 heteroatoms. The average molecular weight is 294 g/mol. The third-order valence-corrected chi connectivity index (χ3v) is 4.08. The van der Waals surface area contributed by atoms with Crippen LogP contribution in [0.3, 0.4) is 0 Å². The van der Waals surface area contributed by atoms with Gasteiger partial charge in [-0.3, -0.25) is 0 Å². The van der Waals surface area contributed by atoms with Crippen LogP contribution in [0.4, 0.5) is 5.69 Å². The van der Waals surface area contributed by atoms with Gasteiger partial charge in [-0.05, 0) is 30.2 Å². The molecule has 1 aromatic rings. The highest BCUT2D eigenvalue weighted by atomic mass is 79.9. The Morgan fingerprint density at radius 1 is 1.47 bits per heavy atom. The Hall–Kier alpha value is -1.29. The molecular formula is C13H12BrNO2. The van der Waals surface area contributed by atoms with E-state index in [9.17, 15) is 9.90 Å². The van der Waals surface area contributed by atoms with E-state index in [1.165, 1.54) is 5.56 Å². The molecule has 1 aliphatic heterocycles. The van der Waals surface area contributed by atoms with Crippen LogP contribution in [-0.2, 0) is 4.79 Å². The number of aliphatic carboxylic acids is 1. The number of halogens is 1. The number of hydrogen-bond acceptors (Lipinski definition) is 2. The molecule has 2 N–H and O–H groups in total. The summed E-state index contributed by atoms with van der Waals surface area (Å²) in [6, 6.07) is 5.47. The van der Waals surface area contributed by atoms with Gasteiger partial charge in [0.25, 0.3) is 0 Å². The van der Waals surface area contributed by atoms with Gasteiger partial charge in [0.05, 0.1) is 0 Å². The maximum absolute atomic E-state index is 11.3. The highest BCUT2D eigenvalue weighted by Crippen LogP contribution is 2.45. The van der Waals surface area contributed by atoms with E-state index in [0.29, 0.717) is 0 Å². The Labute approximate surface area is 108 Å². The van der Waals surface area contributed by atoms with Crippen LogP contribution in [0, 0.1) is 5.92 Å². The van der Waals surface area contributed by atoms with Gasteiger partial charge in [0.15, 0.2) is 0 Å². The Kier molecular flexibility index (Phi) is 2.47. The van der Waals surface area contributed by atoms with E-state index in [4.69, 9.17) is 0 Å². The molecule has 0 aromatic heterocycles. The van der Waals surface area contributed by atoms with Crippen molar-refractivity contribution in [3.8, 4) is 0 Å². The van der Waals surface area contributed by atoms with Gasteiger partial charge in [-0.1, -0.05) is 28.1 Å². The molecular weight excluding hydrogens is 282 g/mol. The summed E-state index contributed by atoms with van der Waals surface area (Å²) in [5.74, 6) is -0.406. The van der Waals surface area contributed by atoms with Crippen LogP contribution in [0.1, 0.15) is 17.9 Å². The zero-order valence-electron chi connectivity index (χ0n) is 9.06. The summed E-state index contributed by atoms with van der Waals surface area (Å²) < 4.78 is 1.03. The van der Waals surface area contributed by atoms with Gasteiger partial charge in [-0.25, -0.2) is 4.79 Å². The Morgan fingerprint density at radius 2 is 2.29 bits per heavy atom. The van der Waals surface area contributed by atoms with E-state index in [2.05, 4.69) is 39.5 Å². The van der Waals surface area contributed by atoms with Crippen LogP contribution in [0.25, 0.3) is 0 Å². The van der Waals surface area contributed by atoms with Crippen LogP contribution in [-0.4, -0.2) is 17.1 Å². The fraction of sp³-hybridized carbons (Fsp3) is 0.308. The molecule has 3 nitrogen and oxygen atoms in total. The van der Waals surface area contributed by atoms with Crippen molar-refractivity contribution in [1.29, 1.82) is 0 Å². The molecule has 0 amide bonds. The largest absolute Gasteiger partial charge is 0.480 e. The first kappa shape index (κ1) is 10.8. The standard InChI is InChI=1S/C13H12BrNO2/c14-7-4-5-11-10(6-7)8-2-1-3-9(8)12(15-11)13(16)17/h1-2,4-6,8-9,12,15H,3H2,(H,16,17)/t8-,9-,12+/m1/s1. The molecule has 0 spiro atoms. The maximum atomic E-state index is 11.3. The van der Waals surface area contributed by atoms with Crippen molar-refractivity contribution in [2.24, 2.45) is 5.92 Å². The number of carbonyl (C=O) groups is 1. The Morgan fingerprint density at radius 3 is 3.06 bits per heavy atom. The summed E-state index contributed by atoms with van der Waals surface area (Å²) in [4.78, 5) is 11.3. The molecule has 3 rings (SSSR count). The quantitative estimate of drug-likeness (QED) is 0.783. The van der Waals surface area contributed by atoms with Crippen LogP contribution >= 0.6 is 15.9 Å². The minimum Gasteiger partial charge on any atom is -0.480 e. The van der Waals surface area contributed by atoms with E-state index in [1.54, 1.807) is 0 Å². The van der Waals surface area contributed by atoms with Crippen LogP contribution in [0.15, 0.2) is 34.8 Å². The Balaban J connectivity index is 2.09. The van der Waals surface area contributed by atoms with Crippen molar-refractivity contribution in [2.75, 3.05) is 5.32 Å². The summed E-state index contributed by atoms with van der Waals surface area (Å²) in [5, 5.41) is 12.4. The molecule has 0 radical (unpaired) electrons. The fourth-order valence-electron chi connectivity index (χ4n) is 2.81. The number of carboxylic acids is 1. The number of fused-ring (bicyclic) bond motifs is 3. The van der Waals surface area contributed by atoms with Crippen molar-refractivity contribution >= 4 is 27.6 Å². The molecule has 1 aromatic carbocycles. The molecule has 0 unspecified atom stereocenters. The summed E-state index contributed by atoms with van der Waals surface area (Å²) >= 11 is 3.46. The minimum atomic E-state index is -0.766. The highest BCUT2D eigenvalue weighted by molar-refractivity contribution is 9.10. The number of benzene rings is 1. The number of carboxylic acid groups (broad SMARTS) is 1. The zero-order valence-corrected chi connectivity index (χ0v) is 10.6. The molecule has 0 saturated carbocycles. The topological polar surface area (TPSA) is 49.3 Å². The lowest BCUT2D eigenvalue weighted by Crippen LogP contribution is -2.41. The molecule has 3 atom stereocenters. The maximum Gasteiger partial charge on any atom is 0.326 e. The van der Waals surface area contributed by atoms with Crippen molar-refractivity contribution in [1.82, 2.24) is 0 Å².